The lowest BCUT2D eigenvalue weighted by Gasteiger charge is -2.26. The molecule has 124 valence electrons. The maximum absolute atomic E-state index is 8.75. The van der Waals surface area contributed by atoms with Gasteiger partial charge in [-0.25, -0.2) is 0 Å². The molecule has 0 radical (unpaired) electrons. The summed E-state index contributed by atoms with van der Waals surface area (Å²) in [5.41, 5.74) is 8.05. The molecule has 0 spiro atoms. The Labute approximate surface area is 141 Å². The van der Waals surface area contributed by atoms with Crippen LogP contribution in [-0.4, -0.2) is 19.8 Å². The van der Waals surface area contributed by atoms with Crippen molar-refractivity contribution in [3.8, 4) is 0 Å². The molecule has 2 rings (SSSR count). The van der Waals surface area contributed by atoms with Crippen LogP contribution < -0.4 is 4.90 Å². The van der Waals surface area contributed by atoms with Gasteiger partial charge in [-0.05, 0) is 42.7 Å². The Morgan fingerprint density at radius 1 is 1.13 bits per heavy atom. The van der Waals surface area contributed by atoms with E-state index in [4.69, 9.17) is 5.41 Å². The summed E-state index contributed by atoms with van der Waals surface area (Å²) in [5, 5.41) is 8.75. The number of rotatable bonds is 3. The van der Waals surface area contributed by atoms with E-state index in [1.54, 1.807) is 0 Å². The summed E-state index contributed by atoms with van der Waals surface area (Å²) in [6.07, 6.45) is 2.33. The van der Waals surface area contributed by atoms with Crippen molar-refractivity contribution in [2.75, 3.05) is 19.0 Å². The van der Waals surface area contributed by atoms with Gasteiger partial charge in [0.15, 0.2) is 0 Å². The summed E-state index contributed by atoms with van der Waals surface area (Å²) in [6.45, 7) is 13.0. The molecule has 0 bridgehead atoms. The van der Waals surface area contributed by atoms with Gasteiger partial charge < -0.3 is 10.3 Å². The minimum absolute atomic E-state index is 0.168. The quantitative estimate of drug-likeness (QED) is 0.729. The molecule has 0 aromatic heterocycles. The molecule has 1 aromatic carbocycles. The lowest BCUT2D eigenvalue weighted by atomic mass is 9.80. The Morgan fingerprint density at radius 2 is 1.74 bits per heavy atom. The van der Waals surface area contributed by atoms with Gasteiger partial charge in [0.2, 0.25) is 0 Å². The summed E-state index contributed by atoms with van der Waals surface area (Å²) >= 11 is 0. The van der Waals surface area contributed by atoms with Gasteiger partial charge in [-0.15, -0.1) is 0 Å². The highest BCUT2D eigenvalue weighted by Gasteiger charge is 2.27. The second kappa shape index (κ2) is 5.99. The van der Waals surface area contributed by atoms with Crippen LogP contribution in [0.4, 0.5) is 5.69 Å². The fraction of sp³-hybridized carbons (Fsp3) is 0.476. The molecule has 23 heavy (non-hydrogen) atoms. The highest BCUT2D eigenvalue weighted by Crippen LogP contribution is 2.40. The number of allylic oxidation sites excluding steroid dienone is 4. The number of nitrogens with zero attached hydrogens (tertiary/aromatic N) is 1. The number of anilines is 1. The summed E-state index contributed by atoms with van der Waals surface area (Å²) in [6, 6.07) is 6.53. The highest BCUT2D eigenvalue weighted by atomic mass is 15.1. The number of nitrogens with one attached hydrogen (secondary N) is 1. The van der Waals surface area contributed by atoms with Crippen molar-refractivity contribution in [1.82, 2.24) is 0 Å². The fourth-order valence-corrected chi connectivity index (χ4v) is 3.24. The summed E-state index contributed by atoms with van der Waals surface area (Å²) in [5.74, 6) is 0.409. The first kappa shape index (κ1) is 17.5. The lowest BCUT2D eigenvalue weighted by Crippen LogP contribution is -2.22. The zero-order valence-electron chi connectivity index (χ0n) is 15.8. The molecule has 1 unspecified atom stereocenters. The Hall–Kier alpha value is -1.83. The van der Waals surface area contributed by atoms with E-state index in [0.717, 1.165) is 11.3 Å². The monoisotopic (exact) mass is 310 g/mol. The van der Waals surface area contributed by atoms with Crippen molar-refractivity contribution in [2.24, 2.45) is 11.3 Å². The van der Waals surface area contributed by atoms with E-state index in [0.29, 0.717) is 11.6 Å². The molecule has 0 aliphatic heterocycles. The van der Waals surface area contributed by atoms with E-state index in [1.165, 1.54) is 22.3 Å². The van der Waals surface area contributed by atoms with Crippen molar-refractivity contribution < 1.29 is 0 Å². The van der Waals surface area contributed by atoms with Crippen molar-refractivity contribution >= 4 is 17.0 Å². The number of hydrogen-bond donors (Lipinski definition) is 1. The van der Waals surface area contributed by atoms with Crippen LogP contribution in [0.2, 0.25) is 0 Å². The van der Waals surface area contributed by atoms with Gasteiger partial charge in [0.25, 0.3) is 0 Å². The molecule has 2 nitrogen and oxygen atoms in total. The second-order valence-electron chi connectivity index (χ2n) is 7.93. The Kier molecular flexibility index (Phi) is 4.57. The van der Waals surface area contributed by atoms with Crippen molar-refractivity contribution in [3.63, 3.8) is 0 Å². The van der Waals surface area contributed by atoms with Crippen LogP contribution in [0.1, 0.15) is 52.7 Å². The maximum atomic E-state index is 8.75. The Balaban J connectivity index is 2.68. The molecular formula is C21H30N2. The molecule has 0 saturated heterocycles. The van der Waals surface area contributed by atoms with E-state index in [9.17, 15) is 0 Å². The van der Waals surface area contributed by atoms with Gasteiger partial charge >= 0.3 is 0 Å². The first-order valence-corrected chi connectivity index (χ1v) is 8.34. The minimum atomic E-state index is -0.168. The average Bonchev–Trinajstić information content (AvgIpc) is 2.69. The normalized spacial score (nSPS) is 18.3. The van der Waals surface area contributed by atoms with Gasteiger partial charge in [-0.2, -0.15) is 0 Å². The van der Waals surface area contributed by atoms with Gasteiger partial charge in [-0.3, -0.25) is 0 Å². The fourth-order valence-electron chi connectivity index (χ4n) is 3.24. The van der Waals surface area contributed by atoms with Crippen molar-refractivity contribution in [1.29, 1.82) is 5.41 Å². The summed E-state index contributed by atoms with van der Waals surface area (Å²) < 4.78 is 0. The average molecular weight is 310 g/mol. The zero-order chi connectivity index (χ0) is 17.5. The van der Waals surface area contributed by atoms with Gasteiger partial charge in [0, 0.05) is 42.4 Å². The Morgan fingerprint density at radius 3 is 2.17 bits per heavy atom. The van der Waals surface area contributed by atoms with Crippen LogP contribution in [0.5, 0.6) is 0 Å². The Bertz CT molecular complexity index is 697. The van der Waals surface area contributed by atoms with Crippen molar-refractivity contribution in [2.45, 2.75) is 41.5 Å². The van der Waals surface area contributed by atoms with E-state index < -0.39 is 0 Å². The van der Waals surface area contributed by atoms with E-state index >= 15 is 0 Å². The van der Waals surface area contributed by atoms with Crippen LogP contribution >= 0.6 is 0 Å². The smallest absolute Gasteiger partial charge is 0.0446 e. The molecule has 2 heteroatoms. The van der Waals surface area contributed by atoms with Crippen LogP contribution in [0.25, 0.3) is 5.57 Å². The zero-order valence-corrected chi connectivity index (χ0v) is 15.8. The molecule has 1 aliphatic carbocycles. The summed E-state index contributed by atoms with van der Waals surface area (Å²) in [4.78, 5) is 2.10. The number of hydrogen-bond acceptors (Lipinski definition) is 2. The second-order valence-corrected chi connectivity index (χ2v) is 7.93. The lowest BCUT2D eigenvalue weighted by molar-refractivity contribution is 0.588. The van der Waals surface area contributed by atoms with E-state index in [-0.39, 0.29) is 5.41 Å². The predicted octanol–water partition coefficient (Wildman–Crippen LogP) is 5.54. The molecule has 1 N–H and O–H groups in total. The van der Waals surface area contributed by atoms with Gasteiger partial charge in [-0.1, -0.05) is 45.4 Å². The third-order valence-corrected chi connectivity index (χ3v) is 4.78. The molecular weight excluding hydrogens is 280 g/mol. The van der Waals surface area contributed by atoms with Crippen LogP contribution in [0.15, 0.2) is 35.4 Å². The molecule has 0 saturated carbocycles. The van der Waals surface area contributed by atoms with E-state index in [2.05, 4.69) is 70.7 Å². The predicted molar refractivity (Wildman–Crippen MR) is 103 cm³/mol. The third kappa shape index (κ3) is 3.26. The molecule has 1 aromatic rings. The minimum Gasteiger partial charge on any atom is -0.378 e. The van der Waals surface area contributed by atoms with E-state index in [1.807, 2.05) is 14.1 Å². The van der Waals surface area contributed by atoms with Crippen LogP contribution in [0.3, 0.4) is 0 Å². The standard InChI is InChI=1S/C21H30N2/c1-13-11-14(2)19(15(13)3)17-10-9-16(23(7)8)12-18(17)20(22)21(4,5)6/h9-12,14,22H,1-8H3. The first-order valence-electron chi connectivity index (χ1n) is 8.34. The van der Waals surface area contributed by atoms with Crippen LogP contribution in [-0.2, 0) is 0 Å². The maximum Gasteiger partial charge on any atom is 0.0446 e. The first-order chi connectivity index (χ1) is 10.5. The van der Waals surface area contributed by atoms with Gasteiger partial charge in [0.1, 0.15) is 0 Å². The van der Waals surface area contributed by atoms with Crippen molar-refractivity contribution in [3.05, 3.63) is 46.5 Å². The molecule has 0 heterocycles. The largest absolute Gasteiger partial charge is 0.378 e. The highest BCUT2D eigenvalue weighted by molar-refractivity contribution is 6.07. The van der Waals surface area contributed by atoms with Gasteiger partial charge in [0.05, 0.1) is 0 Å². The molecule has 1 atom stereocenters. The summed E-state index contributed by atoms with van der Waals surface area (Å²) in [7, 11) is 4.10. The topological polar surface area (TPSA) is 27.1 Å². The molecule has 0 amide bonds. The third-order valence-electron chi connectivity index (χ3n) is 4.78. The SMILES string of the molecule is CC1=CC(C)C(c2ccc(N(C)C)cc2C(=N)C(C)(C)C)=C1C. The molecule has 1 aliphatic rings. The number of benzene rings is 1. The van der Waals surface area contributed by atoms with Crippen LogP contribution in [0, 0.1) is 16.7 Å². The molecule has 0 fully saturated rings.